The van der Waals surface area contributed by atoms with Crippen LogP contribution in [0.15, 0.2) is 48.5 Å². The van der Waals surface area contributed by atoms with Crippen LogP contribution in [0.3, 0.4) is 0 Å². The van der Waals surface area contributed by atoms with Crippen molar-refractivity contribution in [1.29, 1.82) is 0 Å². The van der Waals surface area contributed by atoms with Gasteiger partial charge in [-0.15, -0.1) is 0 Å². The maximum absolute atomic E-state index is 12.9. The normalized spacial score (nSPS) is 16.2. The van der Waals surface area contributed by atoms with Crippen LogP contribution in [0.5, 0.6) is 5.75 Å². The quantitative estimate of drug-likeness (QED) is 0.826. The van der Waals surface area contributed by atoms with Gasteiger partial charge in [0.2, 0.25) is 11.8 Å². The van der Waals surface area contributed by atoms with Crippen molar-refractivity contribution in [3.8, 4) is 16.9 Å². The van der Waals surface area contributed by atoms with Gasteiger partial charge in [0.15, 0.2) is 0 Å². The molecule has 142 valence electrons. The van der Waals surface area contributed by atoms with E-state index in [0.29, 0.717) is 18.7 Å². The third-order valence-electron chi connectivity index (χ3n) is 4.73. The number of nitrogens with zero attached hydrogens (tertiary/aromatic N) is 1. The third-order valence-corrected chi connectivity index (χ3v) is 5.27. The molecule has 2 aromatic rings. The van der Waals surface area contributed by atoms with E-state index in [9.17, 15) is 9.59 Å². The van der Waals surface area contributed by atoms with Crippen LogP contribution < -0.4 is 10.1 Å². The minimum atomic E-state index is -0.395. The zero-order valence-corrected chi connectivity index (χ0v) is 16.4. The number of para-hydroxylation sites is 1. The van der Waals surface area contributed by atoms with Gasteiger partial charge < -0.3 is 15.0 Å². The van der Waals surface area contributed by atoms with Crippen LogP contribution in [0.25, 0.3) is 11.1 Å². The molecule has 5 nitrogen and oxygen atoms in total. The van der Waals surface area contributed by atoms with Crippen molar-refractivity contribution in [1.82, 2.24) is 4.90 Å². The van der Waals surface area contributed by atoms with Gasteiger partial charge >= 0.3 is 0 Å². The lowest BCUT2D eigenvalue weighted by Gasteiger charge is -2.24. The molecule has 0 radical (unpaired) electrons. The molecule has 0 spiro atoms. The van der Waals surface area contributed by atoms with E-state index in [4.69, 9.17) is 4.74 Å². The van der Waals surface area contributed by atoms with Gasteiger partial charge in [0, 0.05) is 17.8 Å². The lowest BCUT2D eigenvalue weighted by molar-refractivity contribution is -0.134. The van der Waals surface area contributed by atoms with Crippen molar-refractivity contribution >= 4 is 29.3 Å². The van der Waals surface area contributed by atoms with Gasteiger partial charge in [-0.3, -0.25) is 9.59 Å². The molecule has 1 atom stereocenters. The van der Waals surface area contributed by atoms with Crippen LogP contribution in [0.2, 0.25) is 0 Å². The Balaban J connectivity index is 1.79. The van der Waals surface area contributed by atoms with Gasteiger partial charge in [-0.25, -0.2) is 0 Å². The number of methoxy groups -OCH3 is 1. The second-order valence-electron chi connectivity index (χ2n) is 6.44. The number of benzene rings is 2. The molecule has 2 aromatic carbocycles. The van der Waals surface area contributed by atoms with Crippen molar-refractivity contribution in [3.05, 3.63) is 48.5 Å². The first-order chi connectivity index (χ1) is 13.1. The molecule has 6 heteroatoms. The standard InChI is InChI=1S/C21H24N2O3S/c1-26-16-11-9-15(10-12-16)17-6-3-4-7-18(17)22-21(25)19-8-5-13-23(19)20(24)14-27-2/h3-4,6-7,9-12,19H,5,8,13-14H2,1-2H3,(H,22,25). The molecule has 1 aliphatic rings. The number of carbonyl (C=O) groups is 2. The number of hydrogen-bond donors (Lipinski definition) is 1. The third kappa shape index (κ3) is 4.45. The first-order valence-electron chi connectivity index (χ1n) is 8.96. The van der Waals surface area contributed by atoms with Crippen LogP contribution in [0.1, 0.15) is 12.8 Å². The number of rotatable bonds is 6. The summed E-state index contributed by atoms with van der Waals surface area (Å²) >= 11 is 1.48. The van der Waals surface area contributed by atoms with Crippen LogP contribution in [-0.4, -0.2) is 48.4 Å². The minimum Gasteiger partial charge on any atom is -0.497 e. The Morgan fingerprint density at radius 3 is 2.63 bits per heavy atom. The Morgan fingerprint density at radius 2 is 1.93 bits per heavy atom. The van der Waals surface area contributed by atoms with Crippen molar-refractivity contribution < 1.29 is 14.3 Å². The SMILES string of the molecule is COc1ccc(-c2ccccc2NC(=O)C2CCCN2C(=O)CSC)cc1. The molecule has 0 aliphatic carbocycles. The Morgan fingerprint density at radius 1 is 1.19 bits per heavy atom. The molecule has 1 saturated heterocycles. The number of amides is 2. The molecule has 1 aliphatic heterocycles. The second-order valence-corrected chi connectivity index (χ2v) is 7.31. The van der Waals surface area contributed by atoms with Crippen LogP contribution in [0, 0.1) is 0 Å². The average Bonchev–Trinajstić information content (AvgIpc) is 3.19. The summed E-state index contributed by atoms with van der Waals surface area (Å²) in [7, 11) is 1.63. The van der Waals surface area contributed by atoms with Gasteiger partial charge in [-0.2, -0.15) is 11.8 Å². The Hall–Kier alpha value is -2.47. The monoisotopic (exact) mass is 384 g/mol. The molecule has 1 N–H and O–H groups in total. The number of likely N-dealkylation sites (tertiary alicyclic amines) is 1. The van der Waals surface area contributed by atoms with Crippen LogP contribution >= 0.6 is 11.8 Å². The highest BCUT2D eigenvalue weighted by Crippen LogP contribution is 2.30. The van der Waals surface area contributed by atoms with Gasteiger partial charge in [0.1, 0.15) is 11.8 Å². The number of nitrogens with one attached hydrogen (secondary N) is 1. The van der Waals surface area contributed by atoms with Crippen LogP contribution in [0.4, 0.5) is 5.69 Å². The van der Waals surface area contributed by atoms with Gasteiger partial charge in [0.05, 0.1) is 12.9 Å². The zero-order valence-electron chi connectivity index (χ0n) is 15.6. The highest BCUT2D eigenvalue weighted by molar-refractivity contribution is 7.99. The number of anilines is 1. The van der Waals surface area contributed by atoms with Crippen molar-refractivity contribution in [2.24, 2.45) is 0 Å². The summed E-state index contributed by atoms with van der Waals surface area (Å²) < 4.78 is 5.21. The largest absolute Gasteiger partial charge is 0.497 e. The van der Waals surface area contributed by atoms with E-state index < -0.39 is 6.04 Å². The minimum absolute atomic E-state index is 0.0311. The molecule has 0 saturated carbocycles. The number of thioether (sulfide) groups is 1. The molecule has 27 heavy (non-hydrogen) atoms. The van der Waals surface area contributed by atoms with E-state index in [-0.39, 0.29) is 11.8 Å². The van der Waals surface area contributed by atoms with Crippen molar-refractivity contribution in [2.45, 2.75) is 18.9 Å². The average molecular weight is 385 g/mol. The Labute approximate surface area is 164 Å². The van der Waals surface area contributed by atoms with E-state index >= 15 is 0 Å². The molecule has 1 fully saturated rings. The van der Waals surface area contributed by atoms with E-state index in [2.05, 4.69) is 5.32 Å². The zero-order chi connectivity index (χ0) is 19.2. The highest BCUT2D eigenvalue weighted by Gasteiger charge is 2.33. The highest BCUT2D eigenvalue weighted by atomic mass is 32.2. The number of ether oxygens (including phenoxy) is 1. The summed E-state index contributed by atoms with van der Waals surface area (Å²) in [4.78, 5) is 26.9. The predicted molar refractivity (Wildman–Crippen MR) is 110 cm³/mol. The molecule has 1 heterocycles. The lowest BCUT2D eigenvalue weighted by Crippen LogP contribution is -2.44. The van der Waals surface area contributed by atoms with Crippen molar-refractivity contribution in [3.63, 3.8) is 0 Å². The molecule has 0 aromatic heterocycles. The summed E-state index contributed by atoms with van der Waals surface area (Å²) in [5.74, 6) is 1.10. The molecule has 1 unspecified atom stereocenters. The fourth-order valence-corrected chi connectivity index (χ4v) is 3.79. The first-order valence-corrected chi connectivity index (χ1v) is 10.4. The van der Waals surface area contributed by atoms with Gasteiger partial charge in [-0.1, -0.05) is 30.3 Å². The van der Waals surface area contributed by atoms with Crippen molar-refractivity contribution in [2.75, 3.05) is 31.0 Å². The summed E-state index contributed by atoms with van der Waals surface area (Å²) in [5.41, 5.74) is 2.68. The van der Waals surface area contributed by atoms with E-state index in [1.54, 1.807) is 12.0 Å². The Kier molecular flexibility index (Phi) is 6.40. The Bertz CT molecular complexity index is 807. The topological polar surface area (TPSA) is 58.6 Å². The smallest absolute Gasteiger partial charge is 0.247 e. The van der Waals surface area contributed by atoms with E-state index in [0.717, 1.165) is 29.0 Å². The number of hydrogen-bond acceptors (Lipinski definition) is 4. The maximum atomic E-state index is 12.9. The molecule has 3 rings (SSSR count). The summed E-state index contributed by atoms with van der Waals surface area (Å²) in [5, 5.41) is 3.04. The second kappa shape index (κ2) is 8.95. The molecular formula is C21H24N2O3S. The summed E-state index contributed by atoms with van der Waals surface area (Å²) in [6.07, 6.45) is 3.46. The summed E-state index contributed by atoms with van der Waals surface area (Å²) in [6.45, 7) is 0.650. The molecular weight excluding hydrogens is 360 g/mol. The predicted octanol–water partition coefficient (Wildman–Crippen LogP) is 3.65. The maximum Gasteiger partial charge on any atom is 0.247 e. The number of carbonyl (C=O) groups excluding carboxylic acids is 2. The fraction of sp³-hybridized carbons (Fsp3) is 0.333. The first kappa shape index (κ1) is 19.3. The van der Waals surface area contributed by atoms with Crippen LogP contribution in [-0.2, 0) is 9.59 Å². The van der Waals surface area contributed by atoms with E-state index in [1.807, 2.05) is 54.8 Å². The van der Waals surface area contributed by atoms with Gasteiger partial charge in [-0.05, 0) is 42.9 Å². The van der Waals surface area contributed by atoms with Gasteiger partial charge in [0.25, 0.3) is 0 Å². The molecule has 0 bridgehead atoms. The lowest BCUT2D eigenvalue weighted by atomic mass is 10.0. The summed E-state index contributed by atoms with van der Waals surface area (Å²) in [6, 6.07) is 15.0. The van der Waals surface area contributed by atoms with E-state index in [1.165, 1.54) is 11.8 Å². The fourth-order valence-electron chi connectivity index (χ4n) is 3.37. The molecule has 2 amide bonds.